The van der Waals surface area contributed by atoms with Crippen LogP contribution >= 0.6 is 0 Å². The maximum atomic E-state index is 12.3. The lowest BCUT2D eigenvalue weighted by molar-refractivity contribution is -0.161. The first kappa shape index (κ1) is 62.8. The second-order valence-corrected chi connectivity index (χ2v) is 18.3. The predicted octanol–water partition coefficient (Wildman–Crippen LogP) is 18.7. The summed E-state index contributed by atoms with van der Waals surface area (Å²) < 4.78 is 10.7. The molecular weight excluding hydrogens is 813 g/mol. The third-order valence-electron chi connectivity index (χ3n) is 11.9. The Kier molecular flexibility index (Phi) is 53.4. The minimum Gasteiger partial charge on any atom is -0.462 e. The van der Waals surface area contributed by atoms with Crippen LogP contribution in [0.3, 0.4) is 0 Å². The Morgan fingerprint density at radius 3 is 1.00 bits per heavy atom. The molecule has 0 aromatic heterocycles. The molecule has 5 heteroatoms. The van der Waals surface area contributed by atoms with E-state index in [2.05, 4.69) is 111 Å². The van der Waals surface area contributed by atoms with Crippen LogP contribution in [0.4, 0.5) is 0 Å². The van der Waals surface area contributed by atoms with E-state index in [1.165, 1.54) is 148 Å². The van der Waals surface area contributed by atoms with Crippen molar-refractivity contribution >= 4 is 11.9 Å². The van der Waals surface area contributed by atoms with Gasteiger partial charge in [-0.2, -0.15) is 0 Å². The predicted molar refractivity (Wildman–Crippen MR) is 288 cm³/mol. The molecule has 0 bridgehead atoms. The number of aliphatic hydroxyl groups is 1. The van der Waals surface area contributed by atoms with Gasteiger partial charge < -0.3 is 14.6 Å². The highest BCUT2D eigenvalue weighted by Crippen LogP contribution is 2.15. The highest BCUT2D eigenvalue weighted by Gasteiger charge is 2.16. The van der Waals surface area contributed by atoms with Gasteiger partial charge in [0.1, 0.15) is 6.61 Å². The molecule has 1 N–H and O–H groups in total. The fourth-order valence-corrected chi connectivity index (χ4v) is 7.71. The molecule has 378 valence electrons. The first-order valence-corrected chi connectivity index (χ1v) is 27.8. The number of hydrogen-bond donors (Lipinski definition) is 1. The molecule has 0 saturated carbocycles. The first-order chi connectivity index (χ1) is 32.6. The minimum absolute atomic E-state index is 0.0705. The molecule has 0 spiro atoms. The number of carbonyl (C=O) groups is 2. The fourth-order valence-electron chi connectivity index (χ4n) is 7.71. The van der Waals surface area contributed by atoms with E-state index in [0.29, 0.717) is 12.8 Å². The van der Waals surface area contributed by atoms with Crippen LogP contribution in [0.15, 0.2) is 97.2 Å². The third-order valence-corrected chi connectivity index (χ3v) is 11.9. The molecule has 0 saturated heterocycles. The quantitative estimate of drug-likeness (QED) is 0.0374. The molecule has 1 unspecified atom stereocenters. The molecule has 0 aromatic rings. The number of unbranched alkanes of at least 4 members (excludes halogenated alkanes) is 26. The van der Waals surface area contributed by atoms with Gasteiger partial charge in [-0.1, -0.05) is 246 Å². The molecule has 66 heavy (non-hydrogen) atoms. The van der Waals surface area contributed by atoms with Crippen molar-refractivity contribution in [2.75, 3.05) is 13.2 Å². The van der Waals surface area contributed by atoms with E-state index in [0.717, 1.165) is 83.5 Å². The number of esters is 2. The van der Waals surface area contributed by atoms with Crippen LogP contribution in [-0.2, 0) is 19.1 Å². The topological polar surface area (TPSA) is 72.8 Å². The summed E-state index contributed by atoms with van der Waals surface area (Å²) in [4.78, 5) is 24.5. The van der Waals surface area contributed by atoms with Crippen molar-refractivity contribution < 1.29 is 24.2 Å². The van der Waals surface area contributed by atoms with Gasteiger partial charge in [0.05, 0.1) is 6.61 Å². The van der Waals surface area contributed by atoms with Gasteiger partial charge in [0, 0.05) is 12.8 Å². The van der Waals surface area contributed by atoms with Crippen molar-refractivity contribution in [3.8, 4) is 0 Å². The van der Waals surface area contributed by atoms with Crippen molar-refractivity contribution in [2.45, 2.75) is 264 Å². The molecule has 0 aliphatic rings. The largest absolute Gasteiger partial charge is 0.462 e. The molecule has 0 aliphatic carbocycles. The zero-order valence-corrected chi connectivity index (χ0v) is 43.2. The molecule has 0 heterocycles. The molecule has 0 amide bonds. The van der Waals surface area contributed by atoms with Crippen LogP contribution in [0, 0.1) is 0 Å². The van der Waals surface area contributed by atoms with Crippen molar-refractivity contribution in [3.63, 3.8) is 0 Å². The van der Waals surface area contributed by atoms with Crippen molar-refractivity contribution in [1.29, 1.82) is 0 Å². The van der Waals surface area contributed by atoms with Gasteiger partial charge in [0.15, 0.2) is 6.10 Å². The standard InChI is InChI=1S/C61H104O5/c1-3-5-7-9-11-13-15-17-19-21-22-23-24-25-26-27-28-29-30-31-32-33-34-35-36-37-38-40-42-44-46-48-50-52-54-56-61(64)66-59(57-62)58-65-60(63)55-53-51-49-47-45-43-41-39-20-18-16-14-12-10-8-6-4-2/h5,7,11,13,17-20,22-23,25-26,28-29,31-32,59,62H,3-4,6,8-10,12,14-16,21,24,27,30,33-58H2,1-2H3/b7-5-,13-11-,19-17-,20-18-,23-22-,26-25-,29-28-,32-31-. The number of aliphatic hydroxyl groups excluding tert-OH is 1. The van der Waals surface area contributed by atoms with E-state index < -0.39 is 6.10 Å². The van der Waals surface area contributed by atoms with Crippen LogP contribution in [0.25, 0.3) is 0 Å². The number of allylic oxidation sites excluding steroid dienone is 16. The van der Waals surface area contributed by atoms with Gasteiger partial charge >= 0.3 is 11.9 Å². The third kappa shape index (κ3) is 53.4. The second-order valence-electron chi connectivity index (χ2n) is 18.3. The van der Waals surface area contributed by atoms with Crippen molar-refractivity contribution in [1.82, 2.24) is 0 Å². The highest BCUT2D eigenvalue weighted by atomic mass is 16.6. The molecule has 0 aromatic carbocycles. The lowest BCUT2D eigenvalue weighted by atomic mass is 10.0. The average Bonchev–Trinajstić information content (AvgIpc) is 3.32. The van der Waals surface area contributed by atoms with Crippen molar-refractivity contribution in [2.24, 2.45) is 0 Å². The Bertz CT molecular complexity index is 1270. The van der Waals surface area contributed by atoms with E-state index in [4.69, 9.17) is 9.47 Å². The molecule has 0 aliphatic heterocycles. The van der Waals surface area contributed by atoms with Crippen LogP contribution in [0.5, 0.6) is 0 Å². The Hall–Kier alpha value is -3.18. The van der Waals surface area contributed by atoms with E-state index in [1.54, 1.807) is 0 Å². The van der Waals surface area contributed by atoms with Crippen LogP contribution in [0.1, 0.15) is 258 Å². The molecule has 0 radical (unpaired) electrons. The van der Waals surface area contributed by atoms with Gasteiger partial charge in [-0.3, -0.25) is 9.59 Å². The molecule has 0 fully saturated rings. The second kappa shape index (κ2) is 56.1. The lowest BCUT2D eigenvalue weighted by Crippen LogP contribution is -2.28. The maximum Gasteiger partial charge on any atom is 0.306 e. The zero-order valence-electron chi connectivity index (χ0n) is 43.2. The average molecular weight is 917 g/mol. The van der Waals surface area contributed by atoms with Crippen LogP contribution in [0.2, 0.25) is 0 Å². The van der Waals surface area contributed by atoms with Gasteiger partial charge in [-0.15, -0.1) is 0 Å². The summed E-state index contributed by atoms with van der Waals surface area (Å²) in [6.45, 7) is 4.03. The summed E-state index contributed by atoms with van der Waals surface area (Å²) in [5.74, 6) is -0.594. The summed E-state index contributed by atoms with van der Waals surface area (Å²) in [6, 6.07) is 0. The highest BCUT2D eigenvalue weighted by molar-refractivity contribution is 5.70. The SMILES string of the molecule is CC/C=C\C/C=C\C/C=C\C/C=C\C/C=C\C/C=C\C/C=C\CCCCCCCCCCCCCCCC(=O)OC(CO)COC(=O)CCCCCCCCC/C=C\CCCCCCCC. The lowest BCUT2D eigenvalue weighted by Gasteiger charge is -2.15. The summed E-state index contributed by atoms with van der Waals surface area (Å²) in [5.41, 5.74) is 0. The van der Waals surface area contributed by atoms with E-state index >= 15 is 0 Å². The Labute approximate surface area is 408 Å². The van der Waals surface area contributed by atoms with Crippen molar-refractivity contribution in [3.05, 3.63) is 97.2 Å². The van der Waals surface area contributed by atoms with E-state index in [1.807, 2.05) is 0 Å². The van der Waals surface area contributed by atoms with Crippen LogP contribution < -0.4 is 0 Å². The summed E-state index contributed by atoms with van der Waals surface area (Å²) in [7, 11) is 0. The van der Waals surface area contributed by atoms with Gasteiger partial charge in [0.2, 0.25) is 0 Å². The van der Waals surface area contributed by atoms with Gasteiger partial charge in [-0.05, 0) is 96.3 Å². The molecule has 1 atom stereocenters. The molecule has 0 rings (SSSR count). The first-order valence-electron chi connectivity index (χ1n) is 27.8. The summed E-state index contributed by atoms with van der Waals surface area (Å²) in [6.07, 6.45) is 79.4. The molecular formula is C61H104O5. The normalized spacial score (nSPS) is 13.0. The smallest absolute Gasteiger partial charge is 0.306 e. The van der Waals surface area contributed by atoms with Crippen LogP contribution in [-0.4, -0.2) is 36.4 Å². The summed E-state index contributed by atoms with van der Waals surface area (Å²) >= 11 is 0. The van der Waals surface area contributed by atoms with E-state index in [-0.39, 0.29) is 25.2 Å². The fraction of sp³-hybridized carbons (Fsp3) is 0.705. The Morgan fingerprint density at radius 1 is 0.364 bits per heavy atom. The zero-order chi connectivity index (χ0) is 47.7. The number of ether oxygens (including phenoxy) is 2. The maximum absolute atomic E-state index is 12.3. The Morgan fingerprint density at radius 2 is 0.652 bits per heavy atom. The number of rotatable bonds is 50. The molecule has 5 nitrogen and oxygen atoms in total. The number of carbonyl (C=O) groups excluding carboxylic acids is 2. The van der Waals surface area contributed by atoms with Gasteiger partial charge in [0.25, 0.3) is 0 Å². The summed E-state index contributed by atoms with van der Waals surface area (Å²) in [5, 5.41) is 9.64. The monoisotopic (exact) mass is 917 g/mol. The Balaban J connectivity index is 3.52. The van der Waals surface area contributed by atoms with Gasteiger partial charge in [-0.25, -0.2) is 0 Å². The minimum atomic E-state index is -0.779. The number of hydrogen-bond acceptors (Lipinski definition) is 5. The van der Waals surface area contributed by atoms with E-state index in [9.17, 15) is 14.7 Å².